The Hall–Kier alpha value is -0.430. The van der Waals surface area contributed by atoms with Gasteiger partial charge in [0.05, 0.1) is 25.7 Å². The number of halogens is 1. The van der Waals surface area contributed by atoms with Crippen molar-refractivity contribution in [2.45, 2.75) is 116 Å². The third kappa shape index (κ3) is 4.47. The minimum Gasteiger partial charge on any atom is -1.00 e. The average molecular weight is 594 g/mol. The van der Waals surface area contributed by atoms with E-state index in [9.17, 15) is 9.90 Å². The van der Waals surface area contributed by atoms with Gasteiger partial charge in [-0.3, -0.25) is 9.69 Å². The number of hydrogen-bond donors (Lipinski definition) is 1. The molecule has 216 valence electrons. The minimum atomic E-state index is -0.149. The predicted molar refractivity (Wildman–Crippen MR) is 147 cm³/mol. The molecule has 0 radical (unpaired) electrons. The molecular weight excluding hydrogens is 540 g/mol. The SMILES string of the molecule is C=CC[N+]1([C@H]2C[C@@H]3[C@@H]4CC[C@@H]5C[C@H](O)[C@@H](N6CCCC6)C[C@]5(C)[C@@H]4CC[C@]3(C)[C@H]2OC(C)=O)CCCC1.[Br-]. The molecule has 6 heteroatoms. The lowest BCUT2D eigenvalue weighted by atomic mass is 9.44. The van der Waals surface area contributed by atoms with Crippen molar-refractivity contribution in [1.82, 2.24) is 4.90 Å². The van der Waals surface area contributed by atoms with Gasteiger partial charge in [-0.2, -0.15) is 0 Å². The van der Waals surface area contributed by atoms with Crippen LogP contribution in [0.15, 0.2) is 12.7 Å². The van der Waals surface area contributed by atoms with Gasteiger partial charge in [0.1, 0.15) is 6.04 Å². The molecule has 0 bridgehead atoms. The van der Waals surface area contributed by atoms with Gasteiger partial charge >= 0.3 is 5.97 Å². The second-order valence-electron chi connectivity index (χ2n) is 14.7. The fourth-order valence-corrected chi connectivity index (χ4v) is 11.5. The van der Waals surface area contributed by atoms with Crippen molar-refractivity contribution in [1.29, 1.82) is 0 Å². The van der Waals surface area contributed by atoms with Crippen LogP contribution in [0.1, 0.15) is 91.4 Å². The number of likely N-dealkylation sites (tertiary alicyclic amines) is 2. The minimum absolute atomic E-state index is 0. The second-order valence-corrected chi connectivity index (χ2v) is 14.7. The number of carbonyl (C=O) groups is 1. The monoisotopic (exact) mass is 592 g/mol. The number of aliphatic hydroxyl groups excluding tert-OH is 1. The highest BCUT2D eigenvalue weighted by molar-refractivity contribution is 5.66. The van der Waals surface area contributed by atoms with Crippen LogP contribution in [-0.2, 0) is 9.53 Å². The van der Waals surface area contributed by atoms with E-state index in [-0.39, 0.29) is 40.6 Å². The van der Waals surface area contributed by atoms with E-state index in [1.165, 1.54) is 90.4 Å². The number of aliphatic hydroxyl groups is 1. The molecule has 0 spiro atoms. The summed E-state index contributed by atoms with van der Waals surface area (Å²) in [4.78, 5) is 15.1. The van der Waals surface area contributed by atoms with E-state index in [0.29, 0.717) is 29.3 Å². The van der Waals surface area contributed by atoms with Crippen LogP contribution >= 0.6 is 0 Å². The van der Waals surface area contributed by atoms with Crippen molar-refractivity contribution >= 4 is 5.97 Å². The fraction of sp³-hybridized carbons (Fsp3) is 0.906. The Morgan fingerprint density at radius 3 is 2.42 bits per heavy atom. The van der Waals surface area contributed by atoms with E-state index < -0.39 is 0 Å². The first kappa shape index (κ1) is 29.1. The van der Waals surface area contributed by atoms with Crippen molar-refractivity contribution in [2.75, 3.05) is 32.7 Å². The highest BCUT2D eigenvalue weighted by Gasteiger charge is 2.67. The summed E-state index contributed by atoms with van der Waals surface area (Å²) in [6, 6.07) is 0.765. The van der Waals surface area contributed by atoms with E-state index in [1.807, 2.05) is 0 Å². The maximum atomic E-state index is 12.5. The van der Waals surface area contributed by atoms with E-state index >= 15 is 0 Å². The van der Waals surface area contributed by atoms with Crippen molar-refractivity contribution in [3.8, 4) is 0 Å². The molecule has 2 heterocycles. The highest BCUT2D eigenvalue weighted by Crippen LogP contribution is 2.67. The Bertz CT molecular complexity index is 886. The number of fused-ring (bicyclic) bond motifs is 5. The summed E-state index contributed by atoms with van der Waals surface area (Å²) in [6.07, 6.45) is 15.6. The van der Waals surface area contributed by atoms with E-state index in [0.717, 1.165) is 29.3 Å². The molecule has 4 saturated carbocycles. The van der Waals surface area contributed by atoms with Crippen LogP contribution in [0.5, 0.6) is 0 Å². The standard InChI is InChI=1S/C32H53N2O3.BrH/c1-5-16-34(17-8-9-18-34)28-20-26-24-11-10-23-19-29(36)27(33-14-6-7-15-33)21-32(23,4)25(24)12-13-31(26,3)30(28)37-22(2)35;/h5,23-30,36H,1,6-21H2,2-4H3;1H/q+1;/p-1/t23-,24-,25-,26-,27+,28+,29+,30+,31+,32+;/m1./s1. The molecule has 2 saturated heterocycles. The van der Waals surface area contributed by atoms with Gasteiger partial charge in [-0.15, -0.1) is 0 Å². The first-order valence-corrected chi connectivity index (χ1v) is 15.8. The number of nitrogens with zero attached hydrogens (tertiary/aromatic N) is 2. The molecule has 1 N–H and O–H groups in total. The van der Waals surface area contributed by atoms with Crippen molar-refractivity contribution in [3.63, 3.8) is 0 Å². The number of ether oxygens (including phenoxy) is 1. The van der Waals surface area contributed by atoms with Crippen LogP contribution < -0.4 is 17.0 Å². The molecular formula is C32H53BrN2O3. The third-order valence-electron chi connectivity index (χ3n) is 13.2. The molecule has 0 amide bonds. The number of esters is 1. The van der Waals surface area contributed by atoms with Gasteiger partial charge in [0.15, 0.2) is 6.10 Å². The Labute approximate surface area is 242 Å². The number of carbonyl (C=O) groups excluding carboxylic acids is 1. The zero-order valence-corrected chi connectivity index (χ0v) is 25.8. The molecule has 10 atom stereocenters. The summed E-state index contributed by atoms with van der Waals surface area (Å²) in [7, 11) is 0. The predicted octanol–water partition coefficient (Wildman–Crippen LogP) is 2.18. The first-order valence-electron chi connectivity index (χ1n) is 15.8. The van der Waals surface area contributed by atoms with Crippen LogP contribution in [0.4, 0.5) is 0 Å². The van der Waals surface area contributed by atoms with Gasteiger partial charge in [0.2, 0.25) is 0 Å². The lowest BCUT2D eigenvalue weighted by Gasteiger charge is -2.62. The lowest BCUT2D eigenvalue weighted by molar-refractivity contribution is -0.937. The smallest absolute Gasteiger partial charge is 0.303 e. The quantitative estimate of drug-likeness (QED) is 0.302. The van der Waals surface area contributed by atoms with E-state index in [2.05, 4.69) is 31.4 Å². The molecule has 38 heavy (non-hydrogen) atoms. The van der Waals surface area contributed by atoms with Crippen LogP contribution in [0, 0.1) is 34.5 Å². The summed E-state index contributed by atoms with van der Waals surface area (Å²) in [5.41, 5.74) is 0.408. The summed E-state index contributed by atoms with van der Waals surface area (Å²) in [5, 5.41) is 11.2. The van der Waals surface area contributed by atoms with E-state index in [4.69, 9.17) is 4.74 Å². The Kier molecular flexibility index (Phi) is 8.23. The van der Waals surface area contributed by atoms with Crippen LogP contribution in [0.2, 0.25) is 0 Å². The molecule has 0 unspecified atom stereocenters. The number of rotatable bonds is 5. The molecule has 6 rings (SSSR count). The van der Waals surface area contributed by atoms with Crippen LogP contribution in [0.3, 0.4) is 0 Å². The van der Waals surface area contributed by atoms with Gasteiger partial charge in [-0.25, -0.2) is 0 Å². The third-order valence-corrected chi connectivity index (χ3v) is 13.2. The fourth-order valence-electron chi connectivity index (χ4n) is 11.5. The summed E-state index contributed by atoms with van der Waals surface area (Å²) >= 11 is 0. The Morgan fingerprint density at radius 2 is 1.76 bits per heavy atom. The van der Waals surface area contributed by atoms with Gasteiger partial charge in [0, 0.05) is 37.6 Å². The molecule has 0 aromatic heterocycles. The van der Waals surface area contributed by atoms with Gasteiger partial charge in [-0.1, -0.05) is 20.4 Å². The summed E-state index contributed by atoms with van der Waals surface area (Å²) < 4.78 is 7.45. The molecule has 5 nitrogen and oxygen atoms in total. The topological polar surface area (TPSA) is 49.8 Å². The number of hydrogen-bond acceptors (Lipinski definition) is 4. The van der Waals surface area contributed by atoms with Crippen molar-refractivity contribution < 1.29 is 36.1 Å². The largest absolute Gasteiger partial charge is 1.00 e. The molecule has 0 aromatic carbocycles. The first-order chi connectivity index (χ1) is 17.7. The van der Waals surface area contributed by atoms with Crippen molar-refractivity contribution in [2.24, 2.45) is 34.5 Å². The molecule has 4 aliphatic carbocycles. The maximum absolute atomic E-state index is 12.5. The van der Waals surface area contributed by atoms with Gasteiger partial charge in [-0.05, 0) is 99.6 Å². The Morgan fingerprint density at radius 1 is 1.05 bits per heavy atom. The van der Waals surface area contributed by atoms with Crippen LogP contribution in [-0.4, -0.2) is 77.5 Å². The second kappa shape index (κ2) is 10.8. The summed E-state index contributed by atoms with van der Waals surface area (Å²) in [6.45, 7) is 16.7. The number of quaternary nitrogens is 1. The highest BCUT2D eigenvalue weighted by atomic mass is 79.9. The average Bonchev–Trinajstić information content (AvgIpc) is 3.60. The van der Waals surface area contributed by atoms with Crippen molar-refractivity contribution in [3.05, 3.63) is 12.7 Å². The zero-order chi connectivity index (χ0) is 26.0. The Balaban J connectivity index is 0.00000294. The molecule has 2 aliphatic heterocycles. The van der Waals surface area contributed by atoms with Gasteiger partial charge < -0.3 is 31.3 Å². The molecule has 0 aromatic rings. The molecule has 6 aliphatic rings. The molecule has 6 fully saturated rings. The van der Waals surface area contributed by atoms with Crippen LogP contribution in [0.25, 0.3) is 0 Å². The normalized spacial score (nSPS) is 47.9. The maximum Gasteiger partial charge on any atom is 0.303 e. The lowest BCUT2D eigenvalue weighted by Crippen LogP contribution is -3.00. The summed E-state index contributed by atoms with van der Waals surface area (Å²) in [5.74, 6) is 2.66. The zero-order valence-electron chi connectivity index (χ0n) is 24.3. The van der Waals surface area contributed by atoms with Gasteiger partial charge in [0.25, 0.3) is 0 Å². The van der Waals surface area contributed by atoms with E-state index in [1.54, 1.807) is 6.92 Å².